The molecule has 2 aromatic rings. The van der Waals surface area contributed by atoms with Crippen LogP contribution in [0.25, 0.3) is 0 Å². The molecule has 5 heteroatoms. The van der Waals surface area contributed by atoms with Gasteiger partial charge in [-0.2, -0.15) is 0 Å². The molecule has 0 aliphatic carbocycles. The zero-order chi connectivity index (χ0) is 15.2. The number of halogens is 1. The number of carbonyl (C=O) groups excluding carboxylic acids is 1. The summed E-state index contributed by atoms with van der Waals surface area (Å²) in [5, 5.41) is 2.76. The van der Waals surface area contributed by atoms with Gasteiger partial charge >= 0.3 is 0 Å². The van der Waals surface area contributed by atoms with Crippen LogP contribution < -0.4 is 10.1 Å². The molecule has 0 heterocycles. The second kappa shape index (κ2) is 7.13. The van der Waals surface area contributed by atoms with E-state index in [1.54, 1.807) is 36.0 Å². The highest BCUT2D eigenvalue weighted by atomic mass is 32.2. The Kier molecular flexibility index (Phi) is 5.22. The van der Waals surface area contributed by atoms with Gasteiger partial charge in [0.05, 0.1) is 7.11 Å². The van der Waals surface area contributed by atoms with Crippen LogP contribution in [0.15, 0.2) is 47.4 Å². The Labute approximate surface area is 127 Å². The molecular formula is C16H16FNO2S. The lowest BCUT2D eigenvalue weighted by Crippen LogP contribution is -2.22. The maximum atomic E-state index is 13.5. The van der Waals surface area contributed by atoms with E-state index in [4.69, 9.17) is 4.74 Å². The van der Waals surface area contributed by atoms with Crippen molar-refractivity contribution in [1.29, 1.82) is 0 Å². The number of methoxy groups -OCH3 is 1. The van der Waals surface area contributed by atoms with Gasteiger partial charge in [-0.3, -0.25) is 4.79 Å². The Hall–Kier alpha value is -2.01. The molecule has 0 fully saturated rings. The molecule has 0 bridgehead atoms. The average molecular weight is 305 g/mol. The second-order valence-corrected chi connectivity index (χ2v) is 5.26. The highest BCUT2D eigenvalue weighted by molar-refractivity contribution is 7.98. The molecule has 0 saturated carbocycles. The molecule has 1 amide bonds. The maximum Gasteiger partial charge on any atom is 0.251 e. The second-order valence-electron chi connectivity index (χ2n) is 4.38. The zero-order valence-electron chi connectivity index (χ0n) is 11.9. The number of nitrogens with one attached hydrogen (secondary N) is 1. The van der Waals surface area contributed by atoms with Gasteiger partial charge in [0.15, 0.2) is 11.6 Å². The molecule has 0 aliphatic heterocycles. The SMILES string of the molecule is COc1ccc(CNC(=O)c2ccc(SC)cc2)cc1F. The van der Waals surface area contributed by atoms with Gasteiger partial charge in [0.2, 0.25) is 0 Å². The van der Waals surface area contributed by atoms with Crippen LogP contribution in [0.4, 0.5) is 4.39 Å². The van der Waals surface area contributed by atoms with Gasteiger partial charge in [-0.15, -0.1) is 11.8 Å². The topological polar surface area (TPSA) is 38.3 Å². The van der Waals surface area contributed by atoms with Crippen molar-refractivity contribution in [3.63, 3.8) is 0 Å². The van der Waals surface area contributed by atoms with E-state index in [9.17, 15) is 9.18 Å². The van der Waals surface area contributed by atoms with Crippen molar-refractivity contribution in [2.75, 3.05) is 13.4 Å². The van der Waals surface area contributed by atoms with Crippen LogP contribution in [0, 0.1) is 5.82 Å². The number of ether oxygens (including phenoxy) is 1. The van der Waals surface area contributed by atoms with Gasteiger partial charge in [-0.25, -0.2) is 4.39 Å². The third-order valence-corrected chi connectivity index (χ3v) is 3.77. The van der Waals surface area contributed by atoms with Crippen LogP contribution in [0.3, 0.4) is 0 Å². The highest BCUT2D eigenvalue weighted by Crippen LogP contribution is 2.18. The van der Waals surface area contributed by atoms with Crippen molar-refractivity contribution in [2.24, 2.45) is 0 Å². The Morgan fingerprint density at radius 2 is 1.95 bits per heavy atom. The molecule has 21 heavy (non-hydrogen) atoms. The summed E-state index contributed by atoms with van der Waals surface area (Å²) in [5.41, 5.74) is 1.27. The molecule has 0 aliphatic rings. The normalized spacial score (nSPS) is 10.2. The number of thioether (sulfide) groups is 1. The first-order chi connectivity index (χ1) is 10.1. The Bertz CT molecular complexity index is 629. The van der Waals surface area contributed by atoms with E-state index >= 15 is 0 Å². The molecule has 0 spiro atoms. The van der Waals surface area contributed by atoms with Gasteiger partial charge in [-0.05, 0) is 48.2 Å². The molecule has 0 saturated heterocycles. The molecule has 0 radical (unpaired) electrons. The van der Waals surface area contributed by atoms with Crippen molar-refractivity contribution in [3.05, 3.63) is 59.4 Å². The van der Waals surface area contributed by atoms with Crippen molar-refractivity contribution in [1.82, 2.24) is 5.32 Å². The first-order valence-electron chi connectivity index (χ1n) is 6.38. The molecular weight excluding hydrogens is 289 g/mol. The van der Waals surface area contributed by atoms with Crippen LogP contribution >= 0.6 is 11.8 Å². The largest absolute Gasteiger partial charge is 0.494 e. The quantitative estimate of drug-likeness (QED) is 0.859. The van der Waals surface area contributed by atoms with E-state index in [1.165, 1.54) is 13.2 Å². The van der Waals surface area contributed by atoms with Gasteiger partial charge in [0.1, 0.15) is 0 Å². The van der Waals surface area contributed by atoms with E-state index in [-0.39, 0.29) is 18.2 Å². The molecule has 2 aromatic carbocycles. The summed E-state index contributed by atoms with van der Waals surface area (Å²) < 4.78 is 18.4. The van der Waals surface area contributed by atoms with Crippen molar-refractivity contribution in [3.8, 4) is 5.75 Å². The molecule has 0 atom stereocenters. The molecule has 3 nitrogen and oxygen atoms in total. The molecule has 0 unspecified atom stereocenters. The monoisotopic (exact) mass is 305 g/mol. The van der Waals surface area contributed by atoms with E-state index in [1.807, 2.05) is 18.4 Å². The van der Waals surface area contributed by atoms with E-state index < -0.39 is 5.82 Å². The smallest absolute Gasteiger partial charge is 0.251 e. The van der Waals surface area contributed by atoms with Crippen LogP contribution in [0.1, 0.15) is 15.9 Å². The number of hydrogen-bond donors (Lipinski definition) is 1. The molecule has 110 valence electrons. The number of carbonyl (C=O) groups is 1. The maximum absolute atomic E-state index is 13.5. The van der Waals surface area contributed by atoms with Gasteiger partial charge in [0, 0.05) is 17.0 Å². The van der Waals surface area contributed by atoms with E-state index in [0.717, 1.165) is 4.90 Å². The first kappa shape index (κ1) is 15.4. The lowest BCUT2D eigenvalue weighted by molar-refractivity contribution is 0.0951. The van der Waals surface area contributed by atoms with Crippen LogP contribution in [0.5, 0.6) is 5.75 Å². The minimum atomic E-state index is -0.437. The summed E-state index contributed by atoms with van der Waals surface area (Å²) >= 11 is 1.62. The zero-order valence-corrected chi connectivity index (χ0v) is 12.7. The van der Waals surface area contributed by atoms with Crippen LogP contribution in [-0.4, -0.2) is 19.3 Å². The fourth-order valence-electron chi connectivity index (χ4n) is 1.85. The Morgan fingerprint density at radius 1 is 1.24 bits per heavy atom. The van der Waals surface area contributed by atoms with Crippen molar-refractivity contribution < 1.29 is 13.9 Å². The Morgan fingerprint density at radius 3 is 2.52 bits per heavy atom. The number of hydrogen-bond acceptors (Lipinski definition) is 3. The number of benzene rings is 2. The summed E-state index contributed by atoms with van der Waals surface area (Å²) in [5.74, 6) is -0.426. The first-order valence-corrected chi connectivity index (χ1v) is 7.61. The van der Waals surface area contributed by atoms with Crippen molar-refractivity contribution in [2.45, 2.75) is 11.4 Å². The molecule has 1 N–H and O–H groups in total. The average Bonchev–Trinajstić information content (AvgIpc) is 2.52. The summed E-state index contributed by atoms with van der Waals surface area (Å²) in [4.78, 5) is 13.1. The molecule has 2 rings (SSSR count). The predicted octanol–water partition coefficient (Wildman–Crippen LogP) is 3.49. The third kappa shape index (κ3) is 3.98. The number of amides is 1. The lowest BCUT2D eigenvalue weighted by Gasteiger charge is -2.08. The summed E-state index contributed by atoms with van der Waals surface area (Å²) in [6.45, 7) is 0.268. The van der Waals surface area contributed by atoms with Crippen molar-refractivity contribution >= 4 is 17.7 Å². The summed E-state index contributed by atoms with van der Waals surface area (Å²) in [6, 6.07) is 12.0. The standard InChI is InChI=1S/C16H16FNO2S/c1-20-15-8-3-11(9-14(15)17)10-18-16(19)12-4-6-13(21-2)7-5-12/h3-9H,10H2,1-2H3,(H,18,19). The van der Waals surface area contributed by atoms with Gasteiger partial charge < -0.3 is 10.1 Å². The lowest BCUT2D eigenvalue weighted by atomic mass is 10.2. The Balaban J connectivity index is 1.98. The third-order valence-electron chi connectivity index (χ3n) is 3.02. The number of rotatable bonds is 5. The van der Waals surface area contributed by atoms with E-state index in [0.29, 0.717) is 11.1 Å². The predicted molar refractivity (Wildman–Crippen MR) is 82.3 cm³/mol. The fourth-order valence-corrected chi connectivity index (χ4v) is 2.25. The van der Waals surface area contributed by atoms with Gasteiger partial charge in [0.25, 0.3) is 5.91 Å². The highest BCUT2D eigenvalue weighted by Gasteiger charge is 2.07. The fraction of sp³-hybridized carbons (Fsp3) is 0.188. The summed E-state index contributed by atoms with van der Waals surface area (Å²) in [6.07, 6.45) is 1.98. The summed E-state index contributed by atoms with van der Waals surface area (Å²) in [7, 11) is 1.41. The van der Waals surface area contributed by atoms with Crippen LogP contribution in [0.2, 0.25) is 0 Å². The minimum absolute atomic E-state index is 0.182. The molecule has 0 aromatic heterocycles. The van der Waals surface area contributed by atoms with E-state index in [2.05, 4.69) is 5.32 Å². The van der Waals surface area contributed by atoms with Crippen LogP contribution in [-0.2, 0) is 6.54 Å². The van der Waals surface area contributed by atoms with Gasteiger partial charge in [-0.1, -0.05) is 6.07 Å². The minimum Gasteiger partial charge on any atom is -0.494 e.